The van der Waals surface area contributed by atoms with E-state index < -0.39 is 17.2 Å². The quantitative estimate of drug-likeness (QED) is 0.620. The van der Waals surface area contributed by atoms with Crippen molar-refractivity contribution in [2.45, 2.75) is 30.2 Å². The number of hydrogen-bond donors (Lipinski definition) is 1. The Morgan fingerprint density at radius 3 is 2.67 bits per heavy atom. The van der Waals surface area contributed by atoms with Crippen LogP contribution in [0.2, 0.25) is 0 Å². The molecule has 1 atom stereocenters. The Bertz CT molecular complexity index is 522. The van der Waals surface area contributed by atoms with E-state index in [1.165, 1.54) is 17.8 Å². The van der Waals surface area contributed by atoms with E-state index in [0.717, 1.165) is 25.0 Å². The molecule has 0 spiro atoms. The lowest BCUT2D eigenvalue weighted by Crippen LogP contribution is -2.55. The number of likely N-dealkylation sites (N-methyl/N-ethyl adjacent to an activating group) is 1. The van der Waals surface area contributed by atoms with E-state index in [1.807, 2.05) is 0 Å². The van der Waals surface area contributed by atoms with Crippen LogP contribution in [0, 0.1) is 17.6 Å². The topological polar surface area (TPSA) is 38.3 Å². The second-order valence-electron chi connectivity index (χ2n) is 5.08. The first-order chi connectivity index (χ1) is 10.0. The van der Waals surface area contributed by atoms with Crippen LogP contribution in [-0.2, 0) is 9.53 Å². The average Bonchev–Trinajstić information content (AvgIpc) is 3.29. The Labute approximate surface area is 127 Å². The number of esters is 1. The number of carbonyl (C=O) groups is 1. The first kappa shape index (κ1) is 16.2. The highest BCUT2D eigenvalue weighted by Crippen LogP contribution is 2.43. The van der Waals surface area contributed by atoms with E-state index in [-0.39, 0.29) is 11.9 Å². The van der Waals surface area contributed by atoms with Gasteiger partial charge in [-0.3, -0.25) is 4.79 Å². The molecule has 0 aliphatic heterocycles. The number of carbonyl (C=O) groups excluding carboxylic acids is 1. The highest BCUT2D eigenvalue weighted by atomic mass is 32.2. The number of benzene rings is 1. The average molecular weight is 315 g/mol. The van der Waals surface area contributed by atoms with Gasteiger partial charge in [0.15, 0.2) is 11.6 Å². The van der Waals surface area contributed by atoms with E-state index in [4.69, 9.17) is 4.74 Å². The third-order valence-electron chi connectivity index (χ3n) is 3.72. The molecule has 1 N–H and O–H groups in total. The Balaban J connectivity index is 2.11. The summed E-state index contributed by atoms with van der Waals surface area (Å²) in [6.07, 6.45) is 1.94. The molecular formula is C15H19F2NO2S. The fourth-order valence-corrected chi connectivity index (χ4v) is 3.56. The molecule has 1 unspecified atom stereocenters. The lowest BCUT2D eigenvalue weighted by molar-refractivity contribution is -0.150. The first-order valence-corrected chi connectivity index (χ1v) is 7.96. The van der Waals surface area contributed by atoms with Crippen LogP contribution in [0.5, 0.6) is 0 Å². The molecule has 0 bridgehead atoms. The molecule has 0 saturated heterocycles. The maximum Gasteiger partial charge on any atom is 0.327 e. The maximum absolute atomic E-state index is 13.2. The van der Waals surface area contributed by atoms with Crippen molar-refractivity contribution in [3.63, 3.8) is 0 Å². The van der Waals surface area contributed by atoms with Crippen LogP contribution < -0.4 is 5.32 Å². The van der Waals surface area contributed by atoms with Crippen molar-refractivity contribution in [3.8, 4) is 0 Å². The van der Waals surface area contributed by atoms with Crippen molar-refractivity contribution >= 4 is 17.7 Å². The van der Waals surface area contributed by atoms with Gasteiger partial charge in [-0.2, -0.15) is 0 Å². The van der Waals surface area contributed by atoms with Gasteiger partial charge in [-0.05, 0) is 50.9 Å². The minimum absolute atomic E-state index is 0.236. The third-order valence-corrected chi connectivity index (χ3v) is 4.90. The second kappa shape index (κ2) is 6.75. The van der Waals surface area contributed by atoms with Crippen LogP contribution in [0.4, 0.5) is 8.78 Å². The highest BCUT2D eigenvalue weighted by molar-refractivity contribution is 7.99. The van der Waals surface area contributed by atoms with Crippen molar-refractivity contribution in [1.29, 1.82) is 0 Å². The van der Waals surface area contributed by atoms with Crippen LogP contribution in [0.15, 0.2) is 23.1 Å². The molecule has 1 aliphatic rings. The molecule has 6 heteroatoms. The molecule has 0 amide bonds. The largest absolute Gasteiger partial charge is 0.465 e. The Morgan fingerprint density at radius 2 is 2.14 bits per heavy atom. The van der Waals surface area contributed by atoms with Gasteiger partial charge >= 0.3 is 5.97 Å². The molecular weight excluding hydrogens is 296 g/mol. The molecule has 116 valence electrons. The summed E-state index contributed by atoms with van der Waals surface area (Å²) in [5.74, 6) is -1.35. The van der Waals surface area contributed by atoms with Crippen LogP contribution in [0.3, 0.4) is 0 Å². The van der Waals surface area contributed by atoms with Gasteiger partial charge in [0, 0.05) is 10.6 Å². The summed E-state index contributed by atoms with van der Waals surface area (Å²) >= 11 is 1.33. The zero-order valence-electron chi connectivity index (χ0n) is 12.1. The fraction of sp³-hybridized carbons (Fsp3) is 0.533. The SMILES string of the molecule is CCOC(=O)C(CSc1ccc(F)c(F)c1)(NC)C1CC1. The maximum atomic E-state index is 13.2. The van der Waals surface area contributed by atoms with Crippen molar-refractivity contribution in [3.05, 3.63) is 29.8 Å². The van der Waals surface area contributed by atoms with Crippen molar-refractivity contribution in [1.82, 2.24) is 5.32 Å². The van der Waals surface area contributed by atoms with Gasteiger partial charge in [0.1, 0.15) is 5.54 Å². The molecule has 1 aromatic carbocycles. The number of ether oxygens (including phenoxy) is 1. The van der Waals surface area contributed by atoms with Gasteiger partial charge in [-0.15, -0.1) is 11.8 Å². The summed E-state index contributed by atoms with van der Waals surface area (Å²) in [5, 5.41) is 3.10. The lowest BCUT2D eigenvalue weighted by atomic mass is 9.96. The van der Waals surface area contributed by atoms with Gasteiger partial charge in [0.2, 0.25) is 0 Å². The van der Waals surface area contributed by atoms with Gasteiger partial charge in [-0.1, -0.05) is 0 Å². The van der Waals surface area contributed by atoms with Crippen molar-refractivity contribution in [2.75, 3.05) is 19.4 Å². The van der Waals surface area contributed by atoms with E-state index in [9.17, 15) is 13.6 Å². The van der Waals surface area contributed by atoms with E-state index in [1.54, 1.807) is 14.0 Å². The predicted molar refractivity (Wildman–Crippen MR) is 78.2 cm³/mol. The Kier molecular flexibility index (Phi) is 5.22. The third kappa shape index (κ3) is 3.55. The standard InChI is InChI=1S/C15H19F2NO2S/c1-3-20-14(19)15(18-2,10-4-5-10)9-21-11-6-7-12(16)13(17)8-11/h6-8,10,18H,3-5,9H2,1-2H3. The molecule has 0 radical (unpaired) electrons. The predicted octanol–water partition coefficient (Wildman–Crippen LogP) is 2.99. The fourth-order valence-electron chi connectivity index (χ4n) is 2.32. The summed E-state index contributed by atoms with van der Waals surface area (Å²) in [6.45, 7) is 2.10. The number of thioether (sulfide) groups is 1. The second-order valence-corrected chi connectivity index (χ2v) is 6.13. The Morgan fingerprint density at radius 1 is 1.43 bits per heavy atom. The molecule has 21 heavy (non-hydrogen) atoms. The zero-order valence-corrected chi connectivity index (χ0v) is 12.9. The normalized spacial score (nSPS) is 17.3. The zero-order chi connectivity index (χ0) is 15.5. The van der Waals surface area contributed by atoms with E-state index >= 15 is 0 Å². The van der Waals surface area contributed by atoms with E-state index in [2.05, 4.69) is 5.32 Å². The molecule has 1 fully saturated rings. The van der Waals surface area contributed by atoms with Gasteiger partial charge < -0.3 is 10.1 Å². The molecule has 2 rings (SSSR count). The van der Waals surface area contributed by atoms with Gasteiger partial charge in [0.25, 0.3) is 0 Å². The van der Waals surface area contributed by atoms with Crippen LogP contribution in [-0.4, -0.2) is 30.9 Å². The molecule has 0 aromatic heterocycles. The Hall–Kier alpha value is -1.14. The monoisotopic (exact) mass is 315 g/mol. The summed E-state index contributed by atoms with van der Waals surface area (Å²) in [5.41, 5.74) is -0.758. The van der Waals surface area contributed by atoms with Crippen LogP contribution in [0.25, 0.3) is 0 Å². The van der Waals surface area contributed by atoms with Crippen LogP contribution >= 0.6 is 11.8 Å². The lowest BCUT2D eigenvalue weighted by Gasteiger charge is -2.31. The molecule has 1 saturated carbocycles. The highest BCUT2D eigenvalue weighted by Gasteiger charge is 2.51. The minimum atomic E-state index is -0.877. The summed E-state index contributed by atoms with van der Waals surface area (Å²) in [4.78, 5) is 12.9. The van der Waals surface area contributed by atoms with Crippen molar-refractivity contribution < 1.29 is 18.3 Å². The number of hydrogen-bond acceptors (Lipinski definition) is 4. The number of halogens is 2. The molecule has 1 aromatic rings. The minimum Gasteiger partial charge on any atom is -0.465 e. The van der Waals surface area contributed by atoms with Crippen molar-refractivity contribution in [2.24, 2.45) is 5.92 Å². The molecule has 0 heterocycles. The van der Waals surface area contributed by atoms with Gasteiger partial charge in [-0.25, -0.2) is 8.78 Å². The first-order valence-electron chi connectivity index (χ1n) is 6.97. The summed E-state index contributed by atoms with van der Waals surface area (Å²) < 4.78 is 31.4. The summed E-state index contributed by atoms with van der Waals surface area (Å²) in [6, 6.07) is 3.76. The molecule has 1 aliphatic carbocycles. The summed E-state index contributed by atoms with van der Waals surface area (Å²) in [7, 11) is 1.74. The number of nitrogens with one attached hydrogen (secondary N) is 1. The van der Waals surface area contributed by atoms with Gasteiger partial charge in [0.05, 0.1) is 6.61 Å². The molecule has 3 nitrogen and oxygen atoms in total. The van der Waals surface area contributed by atoms with Crippen LogP contribution in [0.1, 0.15) is 19.8 Å². The van der Waals surface area contributed by atoms with E-state index in [0.29, 0.717) is 17.3 Å². The smallest absolute Gasteiger partial charge is 0.327 e. The number of rotatable bonds is 7.